The number of rotatable bonds is 4. The third-order valence-electron chi connectivity index (χ3n) is 11.1. The summed E-state index contributed by atoms with van der Waals surface area (Å²) in [4.78, 5) is 0. The molecule has 0 heteroatoms. The number of aryl methyl sites for hydroxylation is 1. The highest BCUT2D eigenvalue weighted by Crippen LogP contribution is 2.53. The van der Waals surface area contributed by atoms with Gasteiger partial charge < -0.3 is 0 Å². The molecule has 0 aliphatic heterocycles. The Morgan fingerprint density at radius 3 is 1.98 bits per heavy atom. The fourth-order valence-electron chi connectivity index (χ4n) is 8.71. The van der Waals surface area contributed by atoms with Gasteiger partial charge in [0.2, 0.25) is 0 Å². The van der Waals surface area contributed by atoms with E-state index >= 15 is 0 Å². The Hall–Kier alpha value is -5.46. The van der Waals surface area contributed by atoms with Crippen LogP contribution in [-0.4, -0.2) is 0 Å². The van der Waals surface area contributed by atoms with Crippen LogP contribution in [0.5, 0.6) is 0 Å². The largest absolute Gasteiger partial charge is 0.0622 e. The van der Waals surface area contributed by atoms with Crippen molar-refractivity contribution in [1.29, 1.82) is 0 Å². The molecule has 1 aliphatic carbocycles. The summed E-state index contributed by atoms with van der Waals surface area (Å²) in [5.41, 5.74) is 14.7. The first-order valence-corrected chi connectivity index (χ1v) is 17.2. The quantitative estimate of drug-likeness (QED) is 0.173. The summed E-state index contributed by atoms with van der Waals surface area (Å²) in [6.45, 7) is 9.50. The van der Waals surface area contributed by atoms with Crippen LogP contribution in [0, 0.1) is 6.92 Å². The van der Waals surface area contributed by atoms with Crippen molar-refractivity contribution in [3.8, 4) is 33.4 Å². The molecule has 48 heavy (non-hydrogen) atoms. The molecule has 9 rings (SSSR count). The Morgan fingerprint density at radius 2 is 1.15 bits per heavy atom. The molecule has 0 nitrogen and oxygen atoms in total. The minimum atomic E-state index is -0.0961. The topological polar surface area (TPSA) is 0 Å². The van der Waals surface area contributed by atoms with Crippen molar-refractivity contribution < 1.29 is 0 Å². The molecule has 0 saturated heterocycles. The standard InChI is InChI=1S/C48H38/c1-30(34-23-22-32-14-8-9-17-35(32)28-34)37-18-10-11-19-39(37)38-26-27-42-45(31(38)2)43(33-15-6-5-7-16-33)29-36-24-25-41-40-20-12-13-21-44(40)48(3,4)47(41)46(36)42/h5-30H,1-4H3. The van der Waals surface area contributed by atoms with Gasteiger partial charge in [0.25, 0.3) is 0 Å². The summed E-state index contributed by atoms with van der Waals surface area (Å²) in [5.74, 6) is 0.244. The van der Waals surface area contributed by atoms with Crippen molar-refractivity contribution in [3.05, 3.63) is 179 Å². The van der Waals surface area contributed by atoms with Crippen LogP contribution in [0.3, 0.4) is 0 Å². The van der Waals surface area contributed by atoms with Gasteiger partial charge in [-0.25, -0.2) is 0 Å². The lowest BCUT2D eigenvalue weighted by Crippen LogP contribution is -2.15. The van der Waals surface area contributed by atoms with Crippen LogP contribution < -0.4 is 0 Å². The van der Waals surface area contributed by atoms with Gasteiger partial charge >= 0.3 is 0 Å². The Bertz CT molecular complexity index is 2550. The van der Waals surface area contributed by atoms with Gasteiger partial charge in [-0.3, -0.25) is 0 Å². The van der Waals surface area contributed by atoms with Gasteiger partial charge in [-0.15, -0.1) is 0 Å². The van der Waals surface area contributed by atoms with E-state index in [2.05, 4.69) is 179 Å². The summed E-state index contributed by atoms with van der Waals surface area (Å²) in [6, 6.07) is 56.5. The van der Waals surface area contributed by atoms with Crippen molar-refractivity contribution in [2.75, 3.05) is 0 Å². The maximum atomic E-state index is 2.45. The SMILES string of the molecule is Cc1c(-c2ccccc2C(C)c2ccc3ccccc3c2)ccc2c1c(-c1ccccc1)cc1ccc3c(c12)C(C)(C)c1ccccc1-3. The van der Waals surface area contributed by atoms with Crippen LogP contribution in [0.2, 0.25) is 0 Å². The van der Waals surface area contributed by atoms with Gasteiger partial charge in [-0.05, 0) is 107 Å². The average Bonchev–Trinajstić information content (AvgIpc) is 3.37. The molecular formula is C48H38. The third kappa shape index (κ3) is 4.22. The Kier molecular flexibility index (Phi) is 6.46. The Labute approximate surface area is 283 Å². The zero-order valence-electron chi connectivity index (χ0n) is 28.0. The van der Waals surface area contributed by atoms with E-state index in [0.29, 0.717) is 0 Å². The minimum Gasteiger partial charge on any atom is -0.0622 e. The van der Waals surface area contributed by atoms with E-state index in [1.54, 1.807) is 0 Å². The zero-order valence-corrected chi connectivity index (χ0v) is 28.0. The highest BCUT2D eigenvalue weighted by Gasteiger charge is 2.37. The summed E-state index contributed by atoms with van der Waals surface area (Å²) < 4.78 is 0. The third-order valence-corrected chi connectivity index (χ3v) is 11.1. The fraction of sp³-hybridized carbons (Fsp3) is 0.125. The minimum absolute atomic E-state index is 0.0961. The molecule has 0 aromatic heterocycles. The number of benzene rings is 8. The molecule has 1 unspecified atom stereocenters. The summed E-state index contributed by atoms with van der Waals surface area (Å²) >= 11 is 0. The van der Waals surface area contributed by atoms with E-state index in [4.69, 9.17) is 0 Å². The van der Waals surface area contributed by atoms with Crippen LogP contribution in [0.15, 0.2) is 152 Å². The van der Waals surface area contributed by atoms with Gasteiger partial charge in [-0.2, -0.15) is 0 Å². The first-order valence-electron chi connectivity index (χ1n) is 17.2. The molecule has 8 aromatic carbocycles. The van der Waals surface area contributed by atoms with Gasteiger partial charge in [0.1, 0.15) is 0 Å². The van der Waals surface area contributed by atoms with Gasteiger partial charge in [0, 0.05) is 11.3 Å². The van der Waals surface area contributed by atoms with Crippen molar-refractivity contribution in [3.63, 3.8) is 0 Å². The predicted octanol–water partition coefficient (Wildman–Crippen LogP) is 13.2. The van der Waals surface area contributed by atoms with Crippen LogP contribution in [-0.2, 0) is 5.41 Å². The predicted molar refractivity (Wildman–Crippen MR) is 206 cm³/mol. The number of hydrogen-bond acceptors (Lipinski definition) is 0. The van der Waals surface area contributed by atoms with Crippen LogP contribution >= 0.6 is 0 Å². The maximum absolute atomic E-state index is 2.45. The van der Waals surface area contributed by atoms with E-state index in [1.807, 2.05) is 0 Å². The van der Waals surface area contributed by atoms with Crippen molar-refractivity contribution in [2.24, 2.45) is 0 Å². The molecule has 0 heterocycles. The van der Waals surface area contributed by atoms with Crippen LogP contribution in [0.4, 0.5) is 0 Å². The lowest BCUT2D eigenvalue weighted by molar-refractivity contribution is 0.666. The van der Waals surface area contributed by atoms with E-state index in [1.165, 1.54) is 93.5 Å². The van der Waals surface area contributed by atoms with Crippen molar-refractivity contribution >= 4 is 32.3 Å². The second-order valence-corrected chi connectivity index (χ2v) is 14.1. The van der Waals surface area contributed by atoms with Gasteiger partial charge in [-0.1, -0.05) is 166 Å². The summed E-state index contributed by atoms with van der Waals surface area (Å²) in [6.07, 6.45) is 0. The normalized spacial score (nSPS) is 13.9. The molecule has 0 radical (unpaired) electrons. The van der Waals surface area contributed by atoms with E-state index < -0.39 is 0 Å². The lowest BCUT2D eigenvalue weighted by Gasteiger charge is -2.25. The summed E-state index contributed by atoms with van der Waals surface area (Å²) in [7, 11) is 0. The lowest BCUT2D eigenvalue weighted by atomic mass is 9.77. The molecule has 0 saturated carbocycles. The second-order valence-electron chi connectivity index (χ2n) is 14.1. The maximum Gasteiger partial charge on any atom is 0.0165 e. The molecule has 8 aromatic rings. The first-order chi connectivity index (χ1) is 23.4. The first kappa shape index (κ1) is 28.7. The van der Waals surface area contributed by atoms with Crippen molar-refractivity contribution in [2.45, 2.75) is 39.0 Å². The van der Waals surface area contributed by atoms with Gasteiger partial charge in [0.05, 0.1) is 0 Å². The molecule has 0 fully saturated rings. The highest BCUT2D eigenvalue weighted by molar-refractivity contribution is 6.19. The average molecular weight is 615 g/mol. The molecule has 0 bridgehead atoms. The molecule has 1 atom stereocenters. The monoisotopic (exact) mass is 614 g/mol. The van der Waals surface area contributed by atoms with Crippen LogP contribution in [0.1, 0.15) is 54.5 Å². The molecule has 0 amide bonds. The molecule has 1 aliphatic rings. The smallest absolute Gasteiger partial charge is 0.0165 e. The molecule has 0 N–H and O–H groups in total. The fourth-order valence-corrected chi connectivity index (χ4v) is 8.71. The van der Waals surface area contributed by atoms with E-state index in [-0.39, 0.29) is 11.3 Å². The number of hydrogen-bond donors (Lipinski definition) is 0. The zero-order chi connectivity index (χ0) is 32.6. The van der Waals surface area contributed by atoms with Crippen molar-refractivity contribution in [1.82, 2.24) is 0 Å². The van der Waals surface area contributed by atoms with Gasteiger partial charge in [0.15, 0.2) is 0 Å². The number of fused-ring (bicyclic) bond motifs is 8. The van der Waals surface area contributed by atoms with Crippen LogP contribution in [0.25, 0.3) is 65.7 Å². The summed E-state index contributed by atoms with van der Waals surface area (Å²) in [5, 5.41) is 7.95. The Morgan fingerprint density at radius 1 is 0.479 bits per heavy atom. The molecule has 230 valence electrons. The second kappa shape index (κ2) is 10.8. The molecule has 0 spiro atoms. The Balaban J connectivity index is 1.31. The highest BCUT2D eigenvalue weighted by atomic mass is 14.4. The molecular weight excluding hydrogens is 577 g/mol. The van der Waals surface area contributed by atoms with E-state index in [9.17, 15) is 0 Å². The van der Waals surface area contributed by atoms with E-state index in [0.717, 1.165) is 0 Å².